The predicted octanol–water partition coefficient (Wildman–Crippen LogP) is 3.92. The summed E-state index contributed by atoms with van der Waals surface area (Å²) in [6.45, 7) is 4.18. The van der Waals surface area contributed by atoms with Gasteiger partial charge < -0.3 is 0 Å². The SMILES string of the molecule is Cc1cc(C)cc(N(Cc2cccc(Cl)c2)S(C)(=O)=O)c1. The van der Waals surface area contributed by atoms with Crippen molar-refractivity contribution in [2.45, 2.75) is 20.4 Å². The monoisotopic (exact) mass is 323 g/mol. The van der Waals surface area contributed by atoms with Gasteiger partial charge in [0, 0.05) is 5.02 Å². The van der Waals surface area contributed by atoms with E-state index in [0.717, 1.165) is 16.7 Å². The van der Waals surface area contributed by atoms with Gasteiger partial charge in [-0.25, -0.2) is 8.42 Å². The third kappa shape index (κ3) is 4.22. The highest BCUT2D eigenvalue weighted by molar-refractivity contribution is 7.92. The summed E-state index contributed by atoms with van der Waals surface area (Å²) in [5.41, 5.74) is 3.59. The first-order valence-electron chi connectivity index (χ1n) is 6.56. The average molecular weight is 324 g/mol. The lowest BCUT2D eigenvalue weighted by molar-refractivity contribution is 0.596. The van der Waals surface area contributed by atoms with Crippen molar-refractivity contribution in [3.63, 3.8) is 0 Å². The van der Waals surface area contributed by atoms with Gasteiger partial charge in [-0.15, -0.1) is 0 Å². The highest BCUT2D eigenvalue weighted by Crippen LogP contribution is 2.24. The standard InChI is InChI=1S/C16H18ClNO2S/c1-12-7-13(2)9-16(8-12)18(21(3,19)20)11-14-5-4-6-15(17)10-14/h4-10H,11H2,1-3H3. The molecule has 2 rings (SSSR count). The van der Waals surface area contributed by atoms with Crippen LogP contribution < -0.4 is 4.31 Å². The van der Waals surface area contributed by atoms with E-state index in [1.807, 2.05) is 44.2 Å². The maximum absolute atomic E-state index is 12.1. The summed E-state index contributed by atoms with van der Waals surface area (Å²) in [5, 5.41) is 0.598. The average Bonchev–Trinajstić information content (AvgIpc) is 2.33. The molecule has 0 spiro atoms. The zero-order chi connectivity index (χ0) is 15.6. The molecule has 0 aliphatic carbocycles. The first-order chi connectivity index (χ1) is 9.75. The zero-order valence-corrected chi connectivity index (χ0v) is 13.9. The highest BCUT2D eigenvalue weighted by Gasteiger charge is 2.18. The Morgan fingerprint density at radius 3 is 2.19 bits per heavy atom. The van der Waals surface area contributed by atoms with Gasteiger partial charge in [-0.3, -0.25) is 4.31 Å². The molecule has 0 heterocycles. The van der Waals surface area contributed by atoms with Crippen LogP contribution >= 0.6 is 11.6 Å². The van der Waals surface area contributed by atoms with Crippen LogP contribution in [0.3, 0.4) is 0 Å². The van der Waals surface area contributed by atoms with Crippen LogP contribution in [-0.2, 0) is 16.6 Å². The lowest BCUT2D eigenvalue weighted by Crippen LogP contribution is -2.29. The molecule has 2 aromatic carbocycles. The van der Waals surface area contributed by atoms with Gasteiger partial charge in [0.1, 0.15) is 0 Å². The van der Waals surface area contributed by atoms with Gasteiger partial charge in [-0.05, 0) is 54.8 Å². The Hall–Kier alpha value is -1.52. The van der Waals surface area contributed by atoms with Crippen LogP contribution in [0.1, 0.15) is 16.7 Å². The molecule has 0 aliphatic heterocycles. The molecule has 0 radical (unpaired) electrons. The Bertz CT molecular complexity index is 736. The Balaban J connectivity index is 2.44. The minimum Gasteiger partial charge on any atom is -0.266 e. The van der Waals surface area contributed by atoms with Gasteiger partial charge in [0.2, 0.25) is 10.0 Å². The molecule has 0 unspecified atom stereocenters. The van der Waals surface area contributed by atoms with Crippen LogP contribution in [0.4, 0.5) is 5.69 Å². The number of sulfonamides is 1. The molecule has 0 amide bonds. The fourth-order valence-electron chi connectivity index (χ4n) is 2.30. The van der Waals surface area contributed by atoms with E-state index in [-0.39, 0.29) is 6.54 Å². The fourth-order valence-corrected chi connectivity index (χ4v) is 3.38. The Labute approximate surface area is 131 Å². The van der Waals surface area contributed by atoms with Gasteiger partial charge in [0.15, 0.2) is 0 Å². The largest absolute Gasteiger partial charge is 0.266 e. The lowest BCUT2D eigenvalue weighted by Gasteiger charge is -2.23. The van der Waals surface area contributed by atoms with Gasteiger partial charge in [-0.2, -0.15) is 0 Å². The van der Waals surface area contributed by atoms with E-state index in [2.05, 4.69) is 0 Å². The first-order valence-corrected chi connectivity index (χ1v) is 8.79. The van der Waals surface area contributed by atoms with Crippen LogP contribution in [0, 0.1) is 13.8 Å². The Kier molecular flexibility index (Phi) is 4.59. The minimum absolute atomic E-state index is 0.266. The van der Waals surface area contributed by atoms with E-state index in [1.165, 1.54) is 10.6 Å². The van der Waals surface area contributed by atoms with E-state index < -0.39 is 10.0 Å². The summed E-state index contributed by atoms with van der Waals surface area (Å²) in [7, 11) is -3.37. The van der Waals surface area contributed by atoms with Crippen LogP contribution in [0.2, 0.25) is 5.02 Å². The minimum atomic E-state index is -3.37. The molecule has 0 N–H and O–H groups in total. The second-order valence-electron chi connectivity index (χ2n) is 5.25. The third-order valence-electron chi connectivity index (χ3n) is 3.11. The van der Waals surface area contributed by atoms with Crippen molar-refractivity contribution in [1.29, 1.82) is 0 Å². The van der Waals surface area contributed by atoms with E-state index in [1.54, 1.807) is 12.1 Å². The Morgan fingerprint density at radius 1 is 1.05 bits per heavy atom. The topological polar surface area (TPSA) is 37.4 Å². The third-order valence-corrected chi connectivity index (χ3v) is 4.49. The number of rotatable bonds is 4. The molecule has 21 heavy (non-hydrogen) atoms. The number of aryl methyl sites for hydroxylation is 2. The molecule has 0 bridgehead atoms. The summed E-state index contributed by atoms with van der Waals surface area (Å²) in [5.74, 6) is 0. The van der Waals surface area contributed by atoms with Crippen molar-refractivity contribution in [1.82, 2.24) is 0 Å². The van der Waals surface area contributed by atoms with Crippen LogP contribution in [0.25, 0.3) is 0 Å². The van der Waals surface area contributed by atoms with Crippen LogP contribution in [0.5, 0.6) is 0 Å². The van der Waals surface area contributed by atoms with Crippen LogP contribution in [0.15, 0.2) is 42.5 Å². The lowest BCUT2D eigenvalue weighted by atomic mass is 10.1. The van der Waals surface area contributed by atoms with Gasteiger partial charge in [0.25, 0.3) is 0 Å². The summed E-state index contributed by atoms with van der Waals surface area (Å²) in [6, 6.07) is 13.0. The number of hydrogen-bond donors (Lipinski definition) is 0. The van der Waals surface area contributed by atoms with Crippen molar-refractivity contribution >= 4 is 27.3 Å². The number of anilines is 1. The predicted molar refractivity (Wildman–Crippen MR) is 88.4 cm³/mol. The number of benzene rings is 2. The van der Waals surface area contributed by atoms with Gasteiger partial charge >= 0.3 is 0 Å². The zero-order valence-electron chi connectivity index (χ0n) is 12.3. The van der Waals surface area contributed by atoms with Crippen molar-refractivity contribution in [2.75, 3.05) is 10.6 Å². The van der Waals surface area contributed by atoms with E-state index in [9.17, 15) is 8.42 Å². The van der Waals surface area contributed by atoms with Crippen molar-refractivity contribution < 1.29 is 8.42 Å². The van der Waals surface area contributed by atoms with Crippen LogP contribution in [-0.4, -0.2) is 14.7 Å². The van der Waals surface area contributed by atoms with Crippen molar-refractivity contribution in [3.05, 3.63) is 64.2 Å². The van der Waals surface area contributed by atoms with E-state index in [4.69, 9.17) is 11.6 Å². The molecule has 2 aromatic rings. The first kappa shape index (κ1) is 15.9. The van der Waals surface area contributed by atoms with Crippen molar-refractivity contribution in [2.24, 2.45) is 0 Å². The molecule has 112 valence electrons. The molecule has 0 atom stereocenters. The molecule has 3 nitrogen and oxygen atoms in total. The molecular weight excluding hydrogens is 306 g/mol. The maximum atomic E-state index is 12.1. The number of hydrogen-bond acceptors (Lipinski definition) is 2. The second kappa shape index (κ2) is 6.08. The van der Waals surface area contributed by atoms with E-state index >= 15 is 0 Å². The quantitative estimate of drug-likeness (QED) is 0.855. The Morgan fingerprint density at radius 2 is 1.67 bits per heavy atom. The smallest absolute Gasteiger partial charge is 0.232 e. The molecule has 0 saturated carbocycles. The highest BCUT2D eigenvalue weighted by atomic mass is 35.5. The molecule has 0 aliphatic rings. The number of nitrogens with zero attached hydrogens (tertiary/aromatic N) is 1. The normalized spacial score (nSPS) is 11.4. The summed E-state index contributed by atoms with van der Waals surface area (Å²) in [6.07, 6.45) is 1.22. The van der Waals surface area contributed by atoms with Gasteiger partial charge in [-0.1, -0.05) is 29.8 Å². The molecule has 0 aromatic heterocycles. The molecule has 5 heteroatoms. The second-order valence-corrected chi connectivity index (χ2v) is 7.59. The maximum Gasteiger partial charge on any atom is 0.232 e. The molecule has 0 saturated heterocycles. The van der Waals surface area contributed by atoms with Gasteiger partial charge in [0.05, 0.1) is 18.5 Å². The molecule has 0 fully saturated rings. The van der Waals surface area contributed by atoms with Crippen molar-refractivity contribution in [3.8, 4) is 0 Å². The summed E-state index contributed by atoms with van der Waals surface area (Å²) in [4.78, 5) is 0. The summed E-state index contributed by atoms with van der Waals surface area (Å²) < 4.78 is 25.7. The van der Waals surface area contributed by atoms with E-state index in [0.29, 0.717) is 10.7 Å². The number of halogens is 1. The molecular formula is C16H18ClNO2S. The summed E-state index contributed by atoms with van der Waals surface area (Å²) >= 11 is 5.97. The fraction of sp³-hybridized carbons (Fsp3) is 0.250.